The van der Waals surface area contributed by atoms with E-state index in [-0.39, 0.29) is 11.4 Å². The zero-order chi connectivity index (χ0) is 17.2. The van der Waals surface area contributed by atoms with Crippen molar-refractivity contribution in [2.75, 3.05) is 11.9 Å². The molecule has 1 fully saturated rings. The lowest BCUT2D eigenvalue weighted by molar-refractivity contribution is -0.124. The molecule has 4 heteroatoms. The van der Waals surface area contributed by atoms with Crippen molar-refractivity contribution >= 4 is 11.7 Å². The lowest BCUT2D eigenvalue weighted by atomic mass is 9.71. The van der Waals surface area contributed by atoms with Gasteiger partial charge in [-0.05, 0) is 82.8 Å². The molecule has 1 aliphatic heterocycles. The van der Waals surface area contributed by atoms with Crippen LogP contribution in [0.4, 0.5) is 5.82 Å². The van der Waals surface area contributed by atoms with E-state index in [1.807, 2.05) is 20.8 Å². The minimum Gasteiger partial charge on any atom is -0.370 e. The van der Waals surface area contributed by atoms with Gasteiger partial charge in [0.2, 0.25) is 5.91 Å². The summed E-state index contributed by atoms with van der Waals surface area (Å²) in [6.45, 7) is 7.16. The zero-order valence-electron chi connectivity index (χ0n) is 15.3. The lowest BCUT2D eigenvalue weighted by Gasteiger charge is -2.35. The SMILES string of the molecule is CC(C)(C)NC(=O)CC1CC(CCc2ccc3c(n2)NCCC3)C1. The molecule has 3 rings (SSSR count). The van der Waals surface area contributed by atoms with Gasteiger partial charge in [0.25, 0.3) is 0 Å². The minimum absolute atomic E-state index is 0.119. The highest BCUT2D eigenvalue weighted by atomic mass is 16.1. The monoisotopic (exact) mass is 329 g/mol. The molecule has 0 spiro atoms. The van der Waals surface area contributed by atoms with E-state index in [1.165, 1.54) is 36.9 Å². The van der Waals surface area contributed by atoms with Gasteiger partial charge in [-0.2, -0.15) is 0 Å². The van der Waals surface area contributed by atoms with E-state index in [4.69, 9.17) is 4.98 Å². The third-order valence-electron chi connectivity index (χ3n) is 5.08. The Labute approximate surface area is 145 Å². The standard InChI is InChI=1S/C20H31N3O/c1-20(2,3)23-18(24)13-15-11-14(12-15)6-8-17-9-7-16-5-4-10-21-19(16)22-17/h7,9,14-15H,4-6,8,10-13H2,1-3H3,(H,21,22)(H,23,24). The normalized spacial score (nSPS) is 23.0. The summed E-state index contributed by atoms with van der Waals surface area (Å²) < 4.78 is 0. The maximum Gasteiger partial charge on any atom is 0.220 e. The molecule has 132 valence electrons. The first-order valence-electron chi connectivity index (χ1n) is 9.43. The van der Waals surface area contributed by atoms with Gasteiger partial charge in [-0.1, -0.05) is 6.07 Å². The van der Waals surface area contributed by atoms with Crippen molar-refractivity contribution in [3.63, 3.8) is 0 Å². The molecule has 1 saturated carbocycles. The van der Waals surface area contributed by atoms with Gasteiger partial charge in [-0.25, -0.2) is 4.98 Å². The summed E-state index contributed by atoms with van der Waals surface area (Å²) in [4.78, 5) is 16.7. The number of pyridine rings is 1. The topological polar surface area (TPSA) is 54.0 Å². The maximum absolute atomic E-state index is 12.0. The molecule has 0 radical (unpaired) electrons. The Bertz CT molecular complexity index is 585. The van der Waals surface area contributed by atoms with Crippen LogP contribution in [0.25, 0.3) is 0 Å². The third kappa shape index (κ3) is 4.71. The fraction of sp³-hybridized carbons (Fsp3) is 0.700. The first kappa shape index (κ1) is 17.2. The molecule has 0 atom stereocenters. The van der Waals surface area contributed by atoms with Gasteiger partial charge in [0.15, 0.2) is 0 Å². The summed E-state index contributed by atoms with van der Waals surface area (Å²) in [6.07, 6.45) is 7.69. The van der Waals surface area contributed by atoms with E-state index in [2.05, 4.69) is 22.8 Å². The largest absolute Gasteiger partial charge is 0.370 e. The van der Waals surface area contributed by atoms with Crippen molar-refractivity contribution in [2.24, 2.45) is 11.8 Å². The van der Waals surface area contributed by atoms with Crippen LogP contribution in [0.3, 0.4) is 0 Å². The quantitative estimate of drug-likeness (QED) is 0.866. The molecular formula is C20H31N3O. The van der Waals surface area contributed by atoms with E-state index in [1.54, 1.807) is 0 Å². The highest BCUT2D eigenvalue weighted by Gasteiger charge is 2.31. The molecule has 0 unspecified atom stereocenters. The zero-order valence-corrected chi connectivity index (χ0v) is 15.3. The summed E-state index contributed by atoms with van der Waals surface area (Å²) in [5, 5.41) is 6.47. The van der Waals surface area contributed by atoms with Crippen molar-refractivity contribution in [2.45, 2.75) is 71.3 Å². The molecule has 4 nitrogen and oxygen atoms in total. The molecule has 1 aromatic rings. The van der Waals surface area contributed by atoms with Gasteiger partial charge in [0.05, 0.1) is 0 Å². The molecule has 2 aliphatic rings. The Hall–Kier alpha value is -1.58. The summed E-state index contributed by atoms with van der Waals surface area (Å²) in [6, 6.07) is 4.43. The van der Waals surface area contributed by atoms with Gasteiger partial charge < -0.3 is 10.6 Å². The van der Waals surface area contributed by atoms with Crippen LogP contribution in [-0.2, 0) is 17.6 Å². The van der Waals surface area contributed by atoms with Crippen molar-refractivity contribution in [1.82, 2.24) is 10.3 Å². The van der Waals surface area contributed by atoms with Gasteiger partial charge in [0, 0.05) is 24.2 Å². The number of hydrogen-bond acceptors (Lipinski definition) is 3. The Balaban J connectivity index is 1.38. The molecule has 24 heavy (non-hydrogen) atoms. The second kappa shape index (κ2) is 7.12. The number of amides is 1. The Morgan fingerprint density at radius 2 is 2.08 bits per heavy atom. The molecule has 1 amide bonds. The molecule has 0 bridgehead atoms. The summed E-state index contributed by atoms with van der Waals surface area (Å²) in [5.41, 5.74) is 2.45. The number of aryl methyl sites for hydroxylation is 2. The molecule has 2 heterocycles. The first-order valence-corrected chi connectivity index (χ1v) is 9.43. The second-order valence-corrected chi connectivity index (χ2v) is 8.59. The van der Waals surface area contributed by atoms with Gasteiger partial charge in [-0.3, -0.25) is 4.79 Å². The number of nitrogens with zero attached hydrogens (tertiary/aromatic N) is 1. The number of nitrogens with one attached hydrogen (secondary N) is 2. The smallest absolute Gasteiger partial charge is 0.220 e. The predicted molar refractivity (Wildman–Crippen MR) is 98.1 cm³/mol. The van der Waals surface area contributed by atoms with Crippen LogP contribution < -0.4 is 10.6 Å². The van der Waals surface area contributed by atoms with Crippen LogP contribution in [0.1, 0.15) is 64.1 Å². The summed E-state index contributed by atoms with van der Waals surface area (Å²) in [5.74, 6) is 2.65. The molecule has 2 N–H and O–H groups in total. The van der Waals surface area contributed by atoms with Gasteiger partial charge in [0.1, 0.15) is 5.82 Å². The second-order valence-electron chi connectivity index (χ2n) is 8.59. The number of carbonyl (C=O) groups is 1. The van der Waals surface area contributed by atoms with Crippen LogP contribution in [0.15, 0.2) is 12.1 Å². The van der Waals surface area contributed by atoms with Crippen molar-refractivity contribution in [3.05, 3.63) is 23.4 Å². The molecule has 1 aromatic heterocycles. The van der Waals surface area contributed by atoms with E-state index in [0.29, 0.717) is 12.3 Å². The van der Waals surface area contributed by atoms with Gasteiger partial charge in [-0.15, -0.1) is 0 Å². The van der Waals surface area contributed by atoms with Crippen molar-refractivity contribution in [3.8, 4) is 0 Å². The van der Waals surface area contributed by atoms with Crippen LogP contribution in [-0.4, -0.2) is 23.0 Å². The van der Waals surface area contributed by atoms with E-state index < -0.39 is 0 Å². The lowest BCUT2D eigenvalue weighted by Crippen LogP contribution is -2.42. The molecular weight excluding hydrogens is 298 g/mol. The third-order valence-corrected chi connectivity index (χ3v) is 5.08. The number of carbonyl (C=O) groups excluding carboxylic acids is 1. The highest BCUT2D eigenvalue weighted by molar-refractivity contribution is 5.77. The Morgan fingerprint density at radius 1 is 1.29 bits per heavy atom. The molecule has 0 saturated heterocycles. The van der Waals surface area contributed by atoms with Crippen molar-refractivity contribution in [1.29, 1.82) is 0 Å². The van der Waals surface area contributed by atoms with Crippen molar-refractivity contribution < 1.29 is 4.79 Å². The van der Waals surface area contributed by atoms with E-state index in [9.17, 15) is 4.79 Å². The highest BCUT2D eigenvalue weighted by Crippen LogP contribution is 2.39. The first-order chi connectivity index (χ1) is 11.4. The predicted octanol–water partition coefficient (Wildman–Crippen LogP) is 3.70. The van der Waals surface area contributed by atoms with Crippen LogP contribution in [0.2, 0.25) is 0 Å². The number of rotatable bonds is 5. The summed E-state index contributed by atoms with van der Waals surface area (Å²) in [7, 11) is 0. The molecule has 1 aliphatic carbocycles. The average Bonchev–Trinajstić information content (AvgIpc) is 2.47. The number of hydrogen-bond donors (Lipinski definition) is 2. The number of fused-ring (bicyclic) bond motifs is 1. The van der Waals surface area contributed by atoms with Crippen LogP contribution in [0, 0.1) is 11.8 Å². The van der Waals surface area contributed by atoms with Gasteiger partial charge >= 0.3 is 0 Å². The van der Waals surface area contributed by atoms with Crippen LogP contribution >= 0.6 is 0 Å². The molecule has 0 aromatic carbocycles. The van der Waals surface area contributed by atoms with Crippen LogP contribution in [0.5, 0.6) is 0 Å². The number of aromatic nitrogens is 1. The van der Waals surface area contributed by atoms with E-state index >= 15 is 0 Å². The number of anilines is 1. The minimum atomic E-state index is -0.119. The Kier molecular flexibility index (Phi) is 5.12. The fourth-order valence-electron chi connectivity index (χ4n) is 3.87. The average molecular weight is 329 g/mol. The Morgan fingerprint density at radius 3 is 2.83 bits per heavy atom. The summed E-state index contributed by atoms with van der Waals surface area (Å²) >= 11 is 0. The van der Waals surface area contributed by atoms with E-state index in [0.717, 1.165) is 31.1 Å². The fourth-order valence-corrected chi connectivity index (χ4v) is 3.87. The maximum atomic E-state index is 12.0.